The molecule has 2 bridgehead atoms. The van der Waals surface area contributed by atoms with Gasteiger partial charge in [-0.25, -0.2) is 9.59 Å². The minimum Gasteiger partial charge on any atom is -0.504 e. The van der Waals surface area contributed by atoms with Crippen molar-refractivity contribution in [2.24, 2.45) is 5.92 Å². The highest BCUT2D eigenvalue weighted by Gasteiger charge is 2.70. The molecule has 3 N–H and O–H groups in total. The molecular formula is C26H28O11. The van der Waals surface area contributed by atoms with Gasteiger partial charge in [-0.3, -0.25) is 9.59 Å². The van der Waals surface area contributed by atoms with E-state index in [0.717, 1.165) is 37.8 Å². The molecule has 1 saturated carbocycles. The first-order valence-electron chi connectivity index (χ1n) is 12.2. The number of carbonyl (C=O) groups excluding carboxylic acids is 3. The van der Waals surface area contributed by atoms with E-state index in [9.17, 15) is 29.4 Å². The van der Waals surface area contributed by atoms with Crippen LogP contribution in [0.15, 0.2) is 24.0 Å². The van der Waals surface area contributed by atoms with Gasteiger partial charge in [0, 0.05) is 12.5 Å². The smallest absolute Gasteiger partial charge is 0.348 e. The maximum absolute atomic E-state index is 12.9. The molecule has 3 aliphatic carbocycles. The van der Waals surface area contributed by atoms with Crippen LogP contribution in [0.1, 0.15) is 57.1 Å². The average Bonchev–Trinajstić information content (AvgIpc) is 3.17. The Balaban J connectivity index is 1.41. The molecule has 1 aromatic rings. The lowest BCUT2D eigenvalue weighted by atomic mass is 9.47. The zero-order chi connectivity index (χ0) is 26.7. The Morgan fingerprint density at radius 2 is 1.97 bits per heavy atom. The first-order chi connectivity index (χ1) is 17.5. The summed E-state index contributed by atoms with van der Waals surface area (Å²) in [6.07, 6.45) is -0.146. The summed E-state index contributed by atoms with van der Waals surface area (Å²) in [4.78, 5) is 47.8. The van der Waals surface area contributed by atoms with Crippen molar-refractivity contribution in [1.29, 1.82) is 0 Å². The molecule has 4 aliphatic rings. The van der Waals surface area contributed by atoms with Gasteiger partial charge in [0.05, 0.1) is 17.4 Å². The molecule has 0 unspecified atom stereocenters. The Kier molecular flexibility index (Phi) is 5.93. The molecule has 6 atom stereocenters. The molecule has 1 aliphatic heterocycles. The number of hydrogen-bond donors (Lipinski definition) is 3. The minimum atomic E-state index is -1.71. The van der Waals surface area contributed by atoms with Crippen LogP contribution in [0, 0.1) is 5.92 Å². The molecule has 0 aromatic heterocycles. The van der Waals surface area contributed by atoms with Gasteiger partial charge in [0.2, 0.25) is 6.10 Å². The molecule has 11 nitrogen and oxygen atoms in total. The van der Waals surface area contributed by atoms with E-state index in [-0.39, 0.29) is 29.6 Å². The SMILES string of the molecule is CC(=O)O[C@@H](CC(=O)OC1=CC[C@]2(O)[C@H]3CCC[C@]24c2c(ccc(O)c2O[C@H]14)C3)C(=O)O[C@@H](C)C(=O)O. The van der Waals surface area contributed by atoms with Crippen molar-refractivity contribution in [2.45, 2.75) is 81.7 Å². The quantitative estimate of drug-likeness (QED) is 0.356. The number of aromatic hydroxyl groups is 1. The highest BCUT2D eigenvalue weighted by atomic mass is 16.6. The van der Waals surface area contributed by atoms with Crippen LogP contribution in [-0.4, -0.2) is 63.1 Å². The van der Waals surface area contributed by atoms with Crippen LogP contribution in [0.25, 0.3) is 0 Å². The summed E-state index contributed by atoms with van der Waals surface area (Å²) in [5.41, 5.74) is -0.314. The number of aliphatic hydroxyl groups is 1. The zero-order valence-electron chi connectivity index (χ0n) is 20.4. The highest BCUT2D eigenvalue weighted by molar-refractivity contribution is 5.86. The Labute approximate surface area is 212 Å². The van der Waals surface area contributed by atoms with Gasteiger partial charge in [-0.15, -0.1) is 0 Å². The van der Waals surface area contributed by atoms with Crippen molar-refractivity contribution in [3.63, 3.8) is 0 Å². The summed E-state index contributed by atoms with van der Waals surface area (Å²) in [5, 5.41) is 31.5. The normalized spacial score (nSPS) is 30.1. The number of aliphatic carboxylic acids is 1. The van der Waals surface area contributed by atoms with Gasteiger partial charge in [0.1, 0.15) is 5.76 Å². The molecule has 5 rings (SSSR count). The number of rotatable bonds is 7. The topological polar surface area (TPSA) is 166 Å². The lowest BCUT2D eigenvalue weighted by Crippen LogP contribution is -2.67. The number of carbonyl (C=O) groups is 4. The third-order valence-electron chi connectivity index (χ3n) is 8.06. The van der Waals surface area contributed by atoms with Crippen molar-refractivity contribution < 1.29 is 53.4 Å². The maximum Gasteiger partial charge on any atom is 0.348 e. The number of hydrogen-bond acceptors (Lipinski definition) is 10. The monoisotopic (exact) mass is 516 g/mol. The molecule has 1 aromatic carbocycles. The zero-order valence-corrected chi connectivity index (χ0v) is 20.4. The Morgan fingerprint density at radius 3 is 2.68 bits per heavy atom. The van der Waals surface area contributed by atoms with Crippen LogP contribution in [-0.2, 0) is 45.2 Å². The predicted octanol–water partition coefficient (Wildman–Crippen LogP) is 1.65. The number of ether oxygens (including phenoxy) is 4. The van der Waals surface area contributed by atoms with E-state index in [2.05, 4.69) is 0 Å². The van der Waals surface area contributed by atoms with Crippen LogP contribution in [0.2, 0.25) is 0 Å². The number of carboxylic acid groups (broad SMARTS) is 1. The molecule has 37 heavy (non-hydrogen) atoms. The van der Waals surface area contributed by atoms with E-state index in [1.54, 1.807) is 12.1 Å². The second-order valence-corrected chi connectivity index (χ2v) is 10.1. The Bertz CT molecular complexity index is 1220. The molecule has 0 amide bonds. The van der Waals surface area contributed by atoms with Gasteiger partial charge in [-0.05, 0) is 56.2 Å². The lowest BCUT2D eigenvalue weighted by Gasteiger charge is -2.59. The standard InChI is InChI=1S/C26H28O11/c1-12(23(30)31)34-24(32)18(35-13(2)27)11-19(29)36-17-7-9-26(33)15-4-3-8-25(26)20-14(10-15)5-6-16(28)21(20)37-22(17)25/h5-7,12,15,18,22,28,33H,3-4,8-11H2,1-2H3,(H,30,31)/t12-,15-,18-,22+,25+,26-/m0/s1. The molecule has 0 saturated heterocycles. The van der Waals surface area contributed by atoms with Crippen molar-refractivity contribution >= 4 is 23.9 Å². The number of esters is 3. The Hall–Kier alpha value is -3.60. The molecule has 198 valence electrons. The number of phenolic OH excluding ortho intramolecular Hbond substituents is 1. The second-order valence-electron chi connectivity index (χ2n) is 10.1. The third-order valence-corrected chi connectivity index (χ3v) is 8.06. The van der Waals surface area contributed by atoms with Gasteiger partial charge in [-0.1, -0.05) is 12.5 Å². The number of benzene rings is 1. The van der Waals surface area contributed by atoms with Gasteiger partial charge >= 0.3 is 23.9 Å². The summed E-state index contributed by atoms with van der Waals surface area (Å²) in [6, 6.07) is 3.40. The van der Waals surface area contributed by atoms with Gasteiger partial charge < -0.3 is 34.3 Å². The van der Waals surface area contributed by atoms with Crippen LogP contribution in [0.3, 0.4) is 0 Å². The molecular weight excluding hydrogens is 488 g/mol. The summed E-state index contributed by atoms with van der Waals surface area (Å²) in [6.45, 7) is 2.16. The summed E-state index contributed by atoms with van der Waals surface area (Å²) in [7, 11) is 0. The fraction of sp³-hybridized carbons (Fsp3) is 0.538. The summed E-state index contributed by atoms with van der Waals surface area (Å²) in [5.74, 6) is -4.10. The molecule has 1 heterocycles. The van der Waals surface area contributed by atoms with Crippen molar-refractivity contribution in [1.82, 2.24) is 0 Å². The largest absolute Gasteiger partial charge is 0.504 e. The van der Waals surface area contributed by atoms with E-state index >= 15 is 0 Å². The predicted molar refractivity (Wildman–Crippen MR) is 122 cm³/mol. The van der Waals surface area contributed by atoms with E-state index in [0.29, 0.717) is 12.8 Å². The Morgan fingerprint density at radius 1 is 1.22 bits per heavy atom. The van der Waals surface area contributed by atoms with Crippen molar-refractivity contribution in [3.05, 3.63) is 35.1 Å². The van der Waals surface area contributed by atoms with Crippen LogP contribution >= 0.6 is 0 Å². The molecule has 1 spiro atoms. The first kappa shape index (κ1) is 25.1. The van der Waals surface area contributed by atoms with Gasteiger partial charge in [0.15, 0.2) is 23.7 Å². The molecule has 11 heteroatoms. The molecule has 1 fully saturated rings. The van der Waals surface area contributed by atoms with E-state index in [4.69, 9.17) is 24.1 Å². The van der Waals surface area contributed by atoms with E-state index in [1.165, 1.54) is 0 Å². The van der Waals surface area contributed by atoms with Crippen molar-refractivity contribution in [3.8, 4) is 11.5 Å². The fourth-order valence-electron chi connectivity index (χ4n) is 6.53. The number of phenols is 1. The minimum absolute atomic E-state index is 0.0248. The van der Waals surface area contributed by atoms with Gasteiger partial charge in [-0.2, -0.15) is 0 Å². The van der Waals surface area contributed by atoms with Crippen LogP contribution < -0.4 is 4.74 Å². The fourth-order valence-corrected chi connectivity index (χ4v) is 6.53. The van der Waals surface area contributed by atoms with Crippen molar-refractivity contribution in [2.75, 3.05) is 0 Å². The van der Waals surface area contributed by atoms with Crippen LogP contribution in [0.5, 0.6) is 11.5 Å². The van der Waals surface area contributed by atoms with E-state index in [1.807, 2.05) is 6.07 Å². The summed E-state index contributed by atoms with van der Waals surface area (Å²) >= 11 is 0. The summed E-state index contributed by atoms with van der Waals surface area (Å²) < 4.78 is 21.5. The lowest BCUT2D eigenvalue weighted by molar-refractivity contribution is -0.178. The van der Waals surface area contributed by atoms with Gasteiger partial charge in [0.25, 0.3) is 0 Å². The highest BCUT2D eigenvalue weighted by Crippen LogP contribution is 2.67. The van der Waals surface area contributed by atoms with E-state index < -0.39 is 59.6 Å². The number of carboxylic acids is 1. The second kappa shape index (κ2) is 8.76. The molecule has 0 radical (unpaired) electrons. The first-order valence-corrected chi connectivity index (χ1v) is 12.2. The third kappa shape index (κ3) is 3.75. The van der Waals surface area contributed by atoms with Crippen LogP contribution in [0.4, 0.5) is 0 Å². The average molecular weight is 516 g/mol. The maximum atomic E-state index is 12.9.